The summed E-state index contributed by atoms with van der Waals surface area (Å²) in [5.74, 6) is 0. The van der Waals surface area contributed by atoms with E-state index in [2.05, 4.69) is 67.8 Å². The van der Waals surface area contributed by atoms with Crippen LogP contribution in [0.4, 0.5) is 0 Å². The molecule has 1 heterocycles. The van der Waals surface area contributed by atoms with E-state index in [1.54, 1.807) is 0 Å². The second-order valence-electron chi connectivity index (χ2n) is 5.33. The normalized spacial score (nSPS) is 18.8. The fourth-order valence-electron chi connectivity index (χ4n) is 2.97. The van der Waals surface area contributed by atoms with Crippen molar-refractivity contribution in [2.24, 2.45) is 0 Å². The molecule has 0 saturated heterocycles. The van der Waals surface area contributed by atoms with E-state index in [1.807, 2.05) is 11.8 Å². The maximum absolute atomic E-state index is 3.53. The molecule has 20 heavy (non-hydrogen) atoms. The van der Waals surface area contributed by atoms with Crippen LogP contribution in [0.3, 0.4) is 0 Å². The van der Waals surface area contributed by atoms with E-state index in [-0.39, 0.29) is 0 Å². The number of rotatable bonds is 4. The molecule has 1 N–H and O–H groups in total. The van der Waals surface area contributed by atoms with Crippen molar-refractivity contribution in [1.82, 2.24) is 5.32 Å². The molecule has 0 amide bonds. The molecule has 3 rings (SSSR count). The van der Waals surface area contributed by atoms with E-state index in [1.165, 1.54) is 21.6 Å². The third kappa shape index (κ3) is 2.63. The Morgan fingerprint density at radius 2 is 2.05 bits per heavy atom. The average Bonchev–Trinajstić information content (AvgIpc) is 2.91. The molecule has 1 aliphatic heterocycles. The van der Waals surface area contributed by atoms with Gasteiger partial charge in [0, 0.05) is 16.2 Å². The summed E-state index contributed by atoms with van der Waals surface area (Å²) >= 11 is 2.01. The van der Waals surface area contributed by atoms with Crippen molar-refractivity contribution >= 4 is 11.8 Å². The largest absolute Gasteiger partial charge is 0.312 e. The molecule has 2 unspecified atom stereocenters. The van der Waals surface area contributed by atoms with Gasteiger partial charge in [-0.15, -0.1) is 11.8 Å². The molecule has 0 radical (unpaired) electrons. The SMILES string of the molecule is CCc1cccc(C(NC)C2Cc3ccccc3S2)c1. The van der Waals surface area contributed by atoms with Crippen LogP contribution >= 0.6 is 11.8 Å². The summed E-state index contributed by atoms with van der Waals surface area (Å²) in [5.41, 5.74) is 4.33. The second-order valence-corrected chi connectivity index (χ2v) is 6.61. The minimum absolute atomic E-state index is 0.416. The van der Waals surface area contributed by atoms with Gasteiger partial charge in [-0.3, -0.25) is 0 Å². The van der Waals surface area contributed by atoms with Crippen LogP contribution in [0, 0.1) is 0 Å². The molecule has 0 saturated carbocycles. The number of thioether (sulfide) groups is 1. The van der Waals surface area contributed by atoms with Crippen LogP contribution in [0.15, 0.2) is 53.4 Å². The van der Waals surface area contributed by atoms with E-state index < -0.39 is 0 Å². The van der Waals surface area contributed by atoms with Gasteiger partial charge in [0.2, 0.25) is 0 Å². The fraction of sp³-hybridized carbons (Fsp3) is 0.333. The molecule has 0 aliphatic carbocycles. The Labute approximate surface area is 125 Å². The van der Waals surface area contributed by atoms with Crippen molar-refractivity contribution < 1.29 is 0 Å². The molecule has 0 bridgehead atoms. The first kappa shape index (κ1) is 13.7. The summed E-state index contributed by atoms with van der Waals surface area (Å²) in [7, 11) is 2.08. The van der Waals surface area contributed by atoms with E-state index in [4.69, 9.17) is 0 Å². The summed E-state index contributed by atoms with van der Waals surface area (Å²) in [4.78, 5) is 1.45. The van der Waals surface area contributed by atoms with Gasteiger partial charge in [-0.05, 0) is 42.6 Å². The smallest absolute Gasteiger partial charge is 0.0445 e. The molecule has 1 nitrogen and oxygen atoms in total. The predicted octanol–water partition coefficient (Wildman–Crippen LogP) is 4.23. The number of fused-ring (bicyclic) bond motifs is 1. The monoisotopic (exact) mass is 283 g/mol. The molecular formula is C18H21NS. The third-order valence-electron chi connectivity index (χ3n) is 4.07. The zero-order valence-corrected chi connectivity index (χ0v) is 12.9. The lowest BCUT2D eigenvalue weighted by Gasteiger charge is -2.23. The molecule has 2 atom stereocenters. The van der Waals surface area contributed by atoms with Crippen molar-refractivity contribution in [1.29, 1.82) is 0 Å². The highest BCUT2D eigenvalue weighted by molar-refractivity contribution is 8.00. The first-order valence-corrected chi connectivity index (χ1v) is 8.20. The minimum atomic E-state index is 0.416. The predicted molar refractivity (Wildman–Crippen MR) is 87.4 cm³/mol. The van der Waals surface area contributed by atoms with Crippen LogP contribution in [-0.2, 0) is 12.8 Å². The van der Waals surface area contributed by atoms with Crippen LogP contribution in [0.5, 0.6) is 0 Å². The molecule has 1 aliphatic rings. The highest BCUT2D eigenvalue weighted by Crippen LogP contribution is 2.42. The maximum Gasteiger partial charge on any atom is 0.0445 e. The summed E-state index contributed by atoms with van der Waals surface area (Å²) in [6.45, 7) is 2.22. The van der Waals surface area contributed by atoms with Gasteiger partial charge < -0.3 is 5.32 Å². The Hall–Kier alpha value is -1.25. The molecular weight excluding hydrogens is 262 g/mol. The van der Waals surface area contributed by atoms with Crippen molar-refractivity contribution in [2.75, 3.05) is 7.05 Å². The number of hydrogen-bond donors (Lipinski definition) is 1. The summed E-state index contributed by atoms with van der Waals surface area (Å²) in [6.07, 6.45) is 2.25. The van der Waals surface area contributed by atoms with E-state index in [0.717, 1.165) is 12.8 Å². The summed E-state index contributed by atoms with van der Waals surface area (Å²) in [6, 6.07) is 18.2. The molecule has 0 aromatic heterocycles. The second kappa shape index (κ2) is 6.02. The van der Waals surface area contributed by atoms with Crippen LogP contribution < -0.4 is 5.32 Å². The van der Waals surface area contributed by atoms with Crippen molar-refractivity contribution in [3.63, 3.8) is 0 Å². The number of aryl methyl sites for hydroxylation is 1. The number of hydrogen-bond acceptors (Lipinski definition) is 2. The van der Waals surface area contributed by atoms with Crippen molar-refractivity contribution in [3.05, 3.63) is 65.2 Å². The van der Waals surface area contributed by atoms with Gasteiger partial charge in [0.25, 0.3) is 0 Å². The number of nitrogens with one attached hydrogen (secondary N) is 1. The highest BCUT2D eigenvalue weighted by atomic mass is 32.2. The third-order valence-corrected chi connectivity index (χ3v) is 5.47. The number of benzene rings is 2. The van der Waals surface area contributed by atoms with Gasteiger partial charge in [0.1, 0.15) is 0 Å². The fourth-order valence-corrected chi connectivity index (χ4v) is 4.45. The Balaban J connectivity index is 1.85. The quantitative estimate of drug-likeness (QED) is 0.901. The summed E-state index contributed by atoms with van der Waals surface area (Å²) < 4.78 is 0. The summed E-state index contributed by atoms with van der Waals surface area (Å²) in [5, 5.41) is 4.11. The lowest BCUT2D eigenvalue weighted by Crippen LogP contribution is -2.27. The average molecular weight is 283 g/mol. The van der Waals surface area contributed by atoms with Crippen molar-refractivity contribution in [2.45, 2.75) is 36.0 Å². The zero-order chi connectivity index (χ0) is 13.9. The van der Waals surface area contributed by atoms with Gasteiger partial charge in [-0.25, -0.2) is 0 Å². The van der Waals surface area contributed by atoms with E-state index in [0.29, 0.717) is 11.3 Å². The Morgan fingerprint density at radius 3 is 2.80 bits per heavy atom. The van der Waals surface area contributed by atoms with Crippen LogP contribution in [0.25, 0.3) is 0 Å². The van der Waals surface area contributed by atoms with Crippen LogP contribution in [0.2, 0.25) is 0 Å². The first-order valence-electron chi connectivity index (χ1n) is 7.32. The molecule has 2 heteroatoms. The first-order chi connectivity index (χ1) is 9.81. The lowest BCUT2D eigenvalue weighted by atomic mass is 9.97. The molecule has 0 spiro atoms. The molecule has 2 aromatic rings. The van der Waals surface area contributed by atoms with Gasteiger partial charge in [-0.2, -0.15) is 0 Å². The lowest BCUT2D eigenvalue weighted by molar-refractivity contribution is 0.568. The Morgan fingerprint density at radius 1 is 1.20 bits per heavy atom. The topological polar surface area (TPSA) is 12.0 Å². The zero-order valence-electron chi connectivity index (χ0n) is 12.1. The van der Waals surface area contributed by atoms with E-state index >= 15 is 0 Å². The van der Waals surface area contributed by atoms with Gasteiger partial charge in [-0.1, -0.05) is 49.4 Å². The van der Waals surface area contributed by atoms with Gasteiger partial charge >= 0.3 is 0 Å². The van der Waals surface area contributed by atoms with Crippen LogP contribution in [-0.4, -0.2) is 12.3 Å². The maximum atomic E-state index is 3.53. The molecule has 0 fully saturated rings. The minimum Gasteiger partial charge on any atom is -0.312 e. The Kier molecular flexibility index (Phi) is 4.13. The van der Waals surface area contributed by atoms with Crippen LogP contribution in [0.1, 0.15) is 29.7 Å². The standard InChI is InChI=1S/C18H21NS/c1-3-13-7-6-9-15(11-13)18(19-2)17-12-14-8-4-5-10-16(14)20-17/h4-11,17-19H,3,12H2,1-2H3. The molecule has 104 valence electrons. The van der Waals surface area contributed by atoms with E-state index in [9.17, 15) is 0 Å². The highest BCUT2D eigenvalue weighted by Gasteiger charge is 2.29. The molecule has 2 aromatic carbocycles. The van der Waals surface area contributed by atoms with Crippen molar-refractivity contribution in [3.8, 4) is 0 Å². The van der Waals surface area contributed by atoms with Gasteiger partial charge in [0.05, 0.1) is 0 Å². The Bertz CT molecular complexity index is 568. The van der Waals surface area contributed by atoms with Gasteiger partial charge in [0.15, 0.2) is 0 Å².